The Morgan fingerprint density at radius 1 is 1.12 bits per heavy atom. The second kappa shape index (κ2) is 7.99. The summed E-state index contributed by atoms with van der Waals surface area (Å²) in [5.74, 6) is -0.318. The highest BCUT2D eigenvalue weighted by atomic mass is 35.5. The maximum absolute atomic E-state index is 12.0. The Hall–Kier alpha value is -2.59. The van der Waals surface area contributed by atoms with E-state index in [1.54, 1.807) is 13.0 Å². The molecule has 0 aliphatic carbocycles. The van der Waals surface area contributed by atoms with Gasteiger partial charge in [0.05, 0.1) is 17.7 Å². The topological polar surface area (TPSA) is 51.2 Å². The van der Waals surface area contributed by atoms with Crippen LogP contribution in [0.1, 0.15) is 28.5 Å². The molecule has 2 aromatic carbocycles. The average Bonchev–Trinajstić information content (AvgIpc) is 2.54. The smallest absolute Gasteiger partial charge is 0.338 e. The van der Waals surface area contributed by atoms with Gasteiger partial charge in [-0.25, -0.2) is 4.79 Å². The van der Waals surface area contributed by atoms with Gasteiger partial charge in [-0.1, -0.05) is 12.1 Å². The summed E-state index contributed by atoms with van der Waals surface area (Å²) < 4.78 is 5.09. The Morgan fingerprint density at radius 3 is 2.64 bits per heavy atom. The highest BCUT2D eigenvalue weighted by Crippen LogP contribution is 2.28. The summed E-state index contributed by atoms with van der Waals surface area (Å²) in [6.45, 7) is 6.17. The molecule has 5 heteroatoms. The molecule has 0 saturated heterocycles. The molecule has 0 spiro atoms. The Morgan fingerprint density at radius 2 is 1.92 bits per heavy atom. The number of halogens is 1. The van der Waals surface area contributed by atoms with Crippen molar-refractivity contribution in [2.45, 2.75) is 20.8 Å². The van der Waals surface area contributed by atoms with E-state index in [9.17, 15) is 4.79 Å². The first-order valence-electron chi connectivity index (χ1n) is 7.99. The number of aromatic nitrogens is 1. The minimum absolute atomic E-state index is 0. The lowest BCUT2D eigenvalue weighted by Crippen LogP contribution is -3.00. The minimum atomic E-state index is -0.318. The predicted octanol–water partition coefficient (Wildman–Crippen LogP) is 1.78. The van der Waals surface area contributed by atoms with Gasteiger partial charge in [-0.3, -0.25) is 4.98 Å². The SMILES string of the molecule is CCOC(=O)c1ccc2nc(C)cc(Nc3cccc(C)c3)c2c1.[Cl-]. The van der Waals surface area contributed by atoms with Crippen LogP contribution in [0.25, 0.3) is 10.9 Å². The van der Waals surface area contributed by atoms with Gasteiger partial charge in [-0.2, -0.15) is 0 Å². The predicted molar refractivity (Wildman–Crippen MR) is 96.9 cm³/mol. The van der Waals surface area contributed by atoms with Gasteiger partial charge in [-0.15, -0.1) is 0 Å². The van der Waals surface area contributed by atoms with Crippen molar-refractivity contribution in [3.05, 3.63) is 65.4 Å². The zero-order valence-corrected chi connectivity index (χ0v) is 15.2. The van der Waals surface area contributed by atoms with E-state index in [1.165, 1.54) is 5.56 Å². The molecule has 130 valence electrons. The average molecular weight is 356 g/mol. The fourth-order valence-corrected chi connectivity index (χ4v) is 2.68. The van der Waals surface area contributed by atoms with Crippen molar-refractivity contribution in [2.24, 2.45) is 0 Å². The van der Waals surface area contributed by atoms with E-state index in [0.29, 0.717) is 12.2 Å². The second-order valence-corrected chi connectivity index (χ2v) is 5.76. The summed E-state index contributed by atoms with van der Waals surface area (Å²) >= 11 is 0. The van der Waals surface area contributed by atoms with Crippen LogP contribution < -0.4 is 17.7 Å². The molecule has 0 fully saturated rings. The number of hydrogen-bond acceptors (Lipinski definition) is 4. The zero-order chi connectivity index (χ0) is 17.1. The monoisotopic (exact) mass is 355 g/mol. The number of fused-ring (bicyclic) bond motifs is 1. The van der Waals surface area contributed by atoms with Gasteiger partial charge in [0, 0.05) is 22.5 Å². The van der Waals surface area contributed by atoms with Crippen LogP contribution in [0.2, 0.25) is 0 Å². The van der Waals surface area contributed by atoms with Crippen molar-refractivity contribution in [3.63, 3.8) is 0 Å². The van der Waals surface area contributed by atoms with E-state index in [-0.39, 0.29) is 18.4 Å². The lowest BCUT2D eigenvalue weighted by atomic mass is 10.1. The molecule has 0 atom stereocenters. The number of benzene rings is 2. The summed E-state index contributed by atoms with van der Waals surface area (Å²) in [6.07, 6.45) is 0. The van der Waals surface area contributed by atoms with Crippen molar-refractivity contribution < 1.29 is 21.9 Å². The van der Waals surface area contributed by atoms with Gasteiger partial charge in [0.25, 0.3) is 0 Å². The number of aryl methyl sites for hydroxylation is 2. The van der Waals surface area contributed by atoms with E-state index < -0.39 is 0 Å². The number of nitrogens with zero attached hydrogens (tertiary/aromatic N) is 1. The first-order chi connectivity index (χ1) is 11.6. The molecule has 0 amide bonds. The molecule has 3 aromatic rings. The van der Waals surface area contributed by atoms with Gasteiger partial charge in [0.2, 0.25) is 0 Å². The summed E-state index contributed by atoms with van der Waals surface area (Å²) in [5.41, 5.74) is 5.40. The van der Waals surface area contributed by atoms with Gasteiger partial charge in [-0.05, 0) is 62.7 Å². The van der Waals surface area contributed by atoms with Crippen molar-refractivity contribution in [2.75, 3.05) is 11.9 Å². The van der Waals surface area contributed by atoms with Crippen LogP contribution in [0.5, 0.6) is 0 Å². The van der Waals surface area contributed by atoms with Crippen LogP contribution in [0.3, 0.4) is 0 Å². The van der Waals surface area contributed by atoms with Crippen LogP contribution in [-0.2, 0) is 4.74 Å². The van der Waals surface area contributed by atoms with Crippen molar-refractivity contribution in [1.82, 2.24) is 4.98 Å². The van der Waals surface area contributed by atoms with Crippen LogP contribution in [0.15, 0.2) is 48.5 Å². The summed E-state index contributed by atoms with van der Waals surface area (Å²) in [6, 6.07) is 15.6. The molecule has 0 bridgehead atoms. The van der Waals surface area contributed by atoms with Crippen molar-refractivity contribution in [1.29, 1.82) is 0 Å². The van der Waals surface area contributed by atoms with Crippen LogP contribution in [0, 0.1) is 13.8 Å². The Balaban J connectivity index is 0.00000225. The minimum Gasteiger partial charge on any atom is -1.00 e. The first-order valence-corrected chi connectivity index (χ1v) is 7.99. The molecule has 0 unspecified atom stereocenters. The fraction of sp³-hybridized carbons (Fsp3) is 0.200. The number of ether oxygens (including phenoxy) is 1. The standard InChI is InChI=1S/C20H20N2O2.ClH/c1-4-24-20(23)15-8-9-18-17(12-15)19(11-14(3)21-18)22-16-7-5-6-13(2)10-16;/h5-12H,4H2,1-3H3,(H,21,22);1H/p-1. The van der Waals surface area contributed by atoms with Crippen molar-refractivity contribution >= 4 is 28.2 Å². The zero-order valence-electron chi connectivity index (χ0n) is 14.5. The van der Waals surface area contributed by atoms with Crippen molar-refractivity contribution in [3.8, 4) is 0 Å². The first kappa shape index (κ1) is 18.7. The van der Waals surface area contributed by atoms with E-state index >= 15 is 0 Å². The second-order valence-electron chi connectivity index (χ2n) is 5.76. The molecule has 0 saturated carbocycles. The molecule has 0 aliphatic heterocycles. The highest BCUT2D eigenvalue weighted by molar-refractivity contribution is 5.99. The number of anilines is 2. The lowest BCUT2D eigenvalue weighted by Gasteiger charge is -2.12. The highest BCUT2D eigenvalue weighted by Gasteiger charge is 2.11. The molecule has 3 rings (SSSR count). The number of pyridine rings is 1. The number of nitrogens with one attached hydrogen (secondary N) is 1. The van der Waals surface area contributed by atoms with E-state index in [1.807, 2.05) is 37.3 Å². The van der Waals surface area contributed by atoms with E-state index in [2.05, 4.69) is 29.4 Å². The maximum Gasteiger partial charge on any atom is 0.338 e. The Kier molecular flexibility index (Phi) is 5.99. The lowest BCUT2D eigenvalue weighted by molar-refractivity contribution is -0.0000230. The number of esters is 1. The summed E-state index contributed by atoms with van der Waals surface area (Å²) in [4.78, 5) is 16.6. The third kappa shape index (κ3) is 4.28. The number of carbonyl (C=O) groups excluding carboxylic acids is 1. The molecular formula is C20H20ClN2O2-. The van der Waals surface area contributed by atoms with Gasteiger partial charge in [0.15, 0.2) is 0 Å². The normalized spacial score (nSPS) is 10.2. The van der Waals surface area contributed by atoms with Gasteiger partial charge >= 0.3 is 5.97 Å². The van der Waals surface area contributed by atoms with E-state index in [4.69, 9.17) is 4.74 Å². The Labute approximate surface area is 153 Å². The quantitative estimate of drug-likeness (QED) is 0.725. The summed E-state index contributed by atoms with van der Waals surface area (Å²) in [7, 11) is 0. The maximum atomic E-state index is 12.0. The number of rotatable bonds is 4. The van der Waals surface area contributed by atoms with E-state index in [0.717, 1.165) is 28.0 Å². The van der Waals surface area contributed by atoms with Crippen LogP contribution in [-0.4, -0.2) is 17.6 Å². The molecule has 1 aromatic heterocycles. The molecule has 25 heavy (non-hydrogen) atoms. The third-order valence-electron chi connectivity index (χ3n) is 3.74. The molecule has 4 nitrogen and oxygen atoms in total. The van der Waals surface area contributed by atoms with Gasteiger partial charge < -0.3 is 22.5 Å². The number of hydrogen-bond donors (Lipinski definition) is 1. The van der Waals surface area contributed by atoms with Crippen LogP contribution in [0.4, 0.5) is 11.4 Å². The van der Waals surface area contributed by atoms with Crippen LogP contribution >= 0.6 is 0 Å². The molecule has 0 aliphatic rings. The molecule has 1 N–H and O–H groups in total. The molecule has 0 radical (unpaired) electrons. The third-order valence-corrected chi connectivity index (χ3v) is 3.74. The largest absolute Gasteiger partial charge is 1.00 e. The number of carbonyl (C=O) groups is 1. The molecule has 1 heterocycles. The molecular weight excluding hydrogens is 336 g/mol. The summed E-state index contributed by atoms with van der Waals surface area (Å²) in [5, 5.41) is 4.33. The fourth-order valence-electron chi connectivity index (χ4n) is 2.68. The Bertz CT molecular complexity index is 909. The van der Waals surface area contributed by atoms with Gasteiger partial charge in [0.1, 0.15) is 0 Å².